The van der Waals surface area contributed by atoms with E-state index in [1.54, 1.807) is 6.92 Å². The summed E-state index contributed by atoms with van der Waals surface area (Å²) >= 11 is 0. The molecule has 28 heteroatoms. The van der Waals surface area contributed by atoms with Crippen LogP contribution >= 0.6 is 0 Å². The predicted octanol–water partition coefficient (Wildman–Crippen LogP) is -7.28. The molecule has 0 aromatic rings. The normalized spacial score (nSPS) is 52.1. The van der Waals surface area contributed by atoms with Gasteiger partial charge in [-0.3, -0.25) is 4.79 Å². The van der Waals surface area contributed by atoms with Crippen molar-refractivity contribution in [3.63, 3.8) is 0 Å². The SMILES string of the molecule is C=C=C1CC2CC[C@H]3[C@@](C)(CCC[C@@]3(C)C(=O)OC3OC(COC4OC(CO)C(O)C(O)C4O)C(O)C(O)C3O)[C@@H]2CCC1OC1OC(CO)C(O)C(OC2OC(CO)C(O)C(O)C2O)C1OC1OC(CO)C(O)C(O)C1O. The lowest BCUT2D eigenvalue weighted by Gasteiger charge is -2.59. The largest absolute Gasteiger partial charge is 0.432 e. The summed E-state index contributed by atoms with van der Waals surface area (Å²) in [5.41, 5.74) is 1.90. The summed E-state index contributed by atoms with van der Waals surface area (Å²) in [5.74, 6) is -1.15. The fraction of sp³-hybridized carbons (Fsp3) is 0.920. The van der Waals surface area contributed by atoms with Crippen LogP contribution in [0.5, 0.6) is 0 Å². The van der Waals surface area contributed by atoms with Gasteiger partial charge in [0.25, 0.3) is 0 Å². The first kappa shape index (κ1) is 62.0. The van der Waals surface area contributed by atoms with Crippen LogP contribution in [0.25, 0.3) is 0 Å². The monoisotopic (exact) mass is 1130 g/mol. The van der Waals surface area contributed by atoms with Crippen molar-refractivity contribution in [3.05, 3.63) is 17.9 Å². The van der Waals surface area contributed by atoms with E-state index in [2.05, 4.69) is 19.2 Å². The third-order valence-electron chi connectivity index (χ3n) is 18.1. The lowest BCUT2D eigenvalue weighted by atomic mass is 9.45. The van der Waals surface area contributed by atoms with Crippen LogP contribution in [0.3, 0.4) is 0 Å². The van der Waals surface area contributed by atoms with Crippen molar-refractivity contribution in [1.82, 2.24) is 0 Å². The summed E-state index contributed by atoms with van der Waals surface area (Å²) in [6.45, 7) is 3.96. The van der Waals surface area contributed by atoms with Gasteiger partial charge in [-0.1, -0.05) is 19.9 Å². The fourth-order valence-corrected chi connectivity index (χ4v) is 13.5. The first-order chi connectivity index (χ1) is 37.0. The molecule has 8 aliphatic rings. The molecule has 0 amide bonds. The number of aliphatic hydroxyl groups excluding tert-OH is 17. The van der Waals surface area contributed by atoms with E-state index in [4.69, 9.17) is 47.4 Å². The molecule has 0 aromatic heterocycles. The Labute approximate surface area is 448 Å². The zero-order chi connectivity index (χ0) is 56.9. The Hall–Kier alpha value is -2.05. The molecular formula is C50H80O28. The van der Waals surface area contributed by atoms with Crippen LogP contribution in [-0.2, 0) is 52.2 Å². The van der Waals surface area contributed by atoms with Crippen molar-refractivity contribution in [3.8, 4) is 0 Å². The maximum Gasteiger partial charge on any atom is 0.314 e. The van der Waals surface area contributed by atoms with E-state index < -0.39 is 209 Å². The number of esters is 1. The molecule has 3 saturated carbocycles. The number of carbonyl (C=O) groups excluding carboxylic acids is 1. The number of carbonyl (C=O) groups is 1. The van der Waals surface area contributed by atoms with Gasteiger partial charge < -0.3 is 134 Å². The Morgan fingerprint density at radius 3 is 1.53 bits per heavy atom. The number of ether oxygens (including phenoxy) is 10. The van der Waals surface area contributed by atoms with Crippen molar-refractivity contribution in [1.29, 1.82) is 0 Å². The Balaban J connectivity index is 1.00. The maximum absolute atomic E-state index is 14.6. The van der Waals surface area contributed by atoms with E-state index in [-0.39, 0.29) is 24.2 Å². The minimum absolute atomic E-state index is 0.0187. The molecule has 5 aliphatic heterocycles. The van der Waals surface area contributed by atoms with Crippen LogP contribution in [0, 0.1) is 28.6 Å². The second kappa shape index (κ2) is 25.4. The van der Waals surface area contributed by atoms with Gasteiger partial charge in [-0.2, -0.15) is 0 Å². The molecule has 0 bridgehead atoms. The number of aliphatic hydroxyl groups is 17. The lowest BCUT2D eigenvalue weighted by Crippen LogP contribution is -2.67. The van der Waals surface area contributed by atoms with Gasteiger partial charge in [-0.25, -0.2) is 0 Å². The van der Waals surface area contributed by atoms with Gasteiger partial charge in [-0.15, -0.1) is 5.73 Å². The molecule has 5 saturated heterocycles. The first-order valence-electron chi connectivity index (χ1n) is 26.7. The summed E-state index contributed by atoms with van der Waals surface area (Å²) in [6, 6.07) is 0. The fourth-order valence-electron chi connectivity index (χ4n) is 13.5. The van der Waals surface area contributed by atoms with E-state index in [9.17, 15) is 91.6 Å². The molecule has 5 heterocycles. The zero-order valence-electron chi connectivity index (χ0n) is 43.2. The van der Waals surface area contributed by atoms with E-state index >= 15 is 0 Å². The molecule has 8 rings (SSSR count). The lowest BCUT2D eigenvalue weighted by molar-refractivity contribution is -0.394. The molecule has 27 unspecified atom stereocenters. The van der Waals surface area contributed by atoms with Crippen molar-refractivity contribution in [2.75, 3.05) is 33.0 Å². The number of hydrogen-bond donors (Lipinski definition) is 17. The summed E-state index contributed by atoms with van der Waals surface area (Å²) < 4.78 is 59.1. The smallest absolute Gasteiger partial charge is 0.314 e. The Morgan fingerprint density at radius 2 is 0.987 bits per heavy atom. The van der Waals surface area contributed by atoms with Crippen LogP contribution in [0.1, 0.15) is 65.2 Å². The Kier molecular flexibility index (Phi) is 20.2. The third kappa shape index (κ3) is 11.8. The van der Waals surface area contributed by atoms with E-state index in [1.807, 2.05) is 0 Å². The van der Waals surface area contributed by atoms with Gasteiger partial charge in [0.05, 0.1) is 44.6 Å². The zero-order valence-corrected chi connectivity index (χ0v) is 43.2. The highest BCUT2D eigenvalue weighted by Crippen LogP contribution is 2.64. The van der Waals surface area contributed by atoms with Crippen LogP contribution in [0.2, 0.25) is 0 Å². The number of fused-ring (bicyclic) bond motifs is 3. The van der Waals surface area contributed by atoms with Crippen molar-refractivity contribution in [2.24, 2.45) is 28.6 Å². The van der Waals surface area contributed by atoms with Crippen molar-refractivity contribution >= 4 is 5.97 Å². The first-order valence-corrected chi connectivity index (χ1v) is 26.7. The average Bonchev–Trinajstić information content (AvgIpc) is 3.73. The van der Waals surface area contributed by atoms with Crippen LogP contribution in [0.4, 0.5) is 0 Å². The van der Waals surface area contributed by atoms with Gasteiger partial charge in [0.2, 0.25) is 6.29 Å². The summed E-state index contributed by atoms with van der Waals surface area (Å²) in [4.78, 5) is 14.6. The van der Waals surface area contributed by atoms with E-state index in [0.29, 0.717) is 50.5 Å². The second-order valence-electron chi connectivity index (χ2n) is 22.6. The quantitative estimate of drug-likeness (QED) is 0.0535. The standard InChI is InChI=1S/C50H80O28/c1-4-18-12-19-6-9-27-49(2,10-5-11-50(27,3)48(68)78-46-40(67)36(63)31(58)26(75-46)17-69-43-37(64)33(60)28(55)22(13-51)71-43)20(19)7-8-21(18)70-47-42(77-45-39(66)35(62)30(57)24(15-53)73-45)41(32(59)25(16-54)74-47)76-44-38(65)34(61)29(56)23(14-52)72-44/h19-47,51-67H,1,5-17H2,2-3H3/t19?,20-,21?,22?,23?,24?,25?,26?,27+,28?,29?,30?,31?,32?,33?,34?,35?,36?,37?,38?,39?,40?,41?,42?,43?,44?,45?,46?,47?,49+,50-/m1/s1. The average molecular weight is 1130 g/mol. The third-order valence-corrected chi connectivity index (χ3v) is 18.1. The van der Waals surface area contributed by atoms with Crippen LogP contribution < -0.4 is 0 Å². The molecule has 78 heavy (non-hydrogen) atoms. The molecule has 8 fully saturated rings. The Morgan fingerprint density at radius 1 is 0.526 bits per heavy atom. The summed E-state index contributed by atoms with van der Waals surface area (Å²) in [5, 5.41) is 180. The topological polar surface area (TPSA) is 453 Å². The van der Waals surface area contributed by atoms with Gasteiger partial charge in [0, 0.05) is 5.57 Å². The molecular weight excluding hydrogens is 1050 g/mol. The minimum atomic E-state index is -2.00. The second-order valence-corrected chi connectivity index (χ2v) is 22.6. The number of hydrogen-bond acceptors (Lipinski definition) is 28. The molecule has 0 aromatic carbocycles. The molecule has 28 nitrogen and oxygen atoms in total. The predicted molar refractivity (Wildman–Crippen MR) is 253 cm³/mol. The Bertz CT molecular complexity index is 2030. The molecule has 0 spiro atoms. The summed E-state index contributed by atoms with van der Waals surface area (Å²) in [7, 11) is 0. The molecule has 3 aliphatic carbocycles. The van der Waals surface area contributed by atoms with Gasteiger partial charge >= 0.3 is 5.97 Å². The molecule has 31 atom stereocenters. The van der Waals surface area contributed by atoms with E-state index in [1.165, 1.54) is 0 Å². The highest BCUT2D eigenvalue weighted by Gasteiger charge is 2.62. The minimum Gasteiger partial charge on any atom is -0.432 e. The van der Waals surface area contributed by atoms with Gasteiger partial charge in [-0.05, 0) is 75.0 Å². The highest BCUT2D eigenvalue weighted by molar-refractivity contribution is 5.77. The van der Waals surface area contributed by atoms with Crippen molar-refractivity contribution in [2.45, 2.75) is 225 Å². The summed E-state index contributed by atoms with van der Waals surface area (Å²) in [6.07, 6.45) is -40.8. The highest BCUT2D eigenvalue weighted by atomic mass is 16.8. The number of rotatable bonds is 15. The van der Waals surface area contributed by atoms with Gasteiger partial charge in [0.15, 0.2) is 25.2 Å². The molecule has 17 N–H and O–H groups in total. The van der Waals surface area contributed by atoms with Gasteiger partial charge in [0.1, 0.15) is 122 Å². The maximum atomic E-state index is 14.6. The molecule has 0 radical (unpaired) electrons. The van der Waals surface area contributed by atoms with Crippen LogP contribution in [-0.4, -0.2) is 285 Å². The van der Waals surface area contributed by atoms with Crippen molar-refractivity contribution < 1.29 is 139 Å². The van der Waals surface area contributed by atoms with Crippen LogP contribution in [0.15, 0.2) is 17.9 Å². The molecule has 448 valence electrons. The van der Waals surface area contributed by atoms with E-state index in [0.717, 1.165) is 0 Å².